The lowest BCUT2D eigenvalue weighted by Crippen LogP contribution is -2.37. The van der Waals surface area contributed by atoms with Gasteiger partial charge >= 0.3 is 0 Å². The second-order valence-electron chi connectivity index (χ2n) is 6.77. The number of amides is 3. The molecule has 0 spiro atoms. The van der Waals surface area contributed by atoms with E-state index in [2.05, 4.69) is 10.3 Å². The monoisotopic (exact) mass is 439 g/mol. The van der Waals surface area contributed by atoms with Crippen LogP contribution in [-0.2, 0) is 16.0 Å². The van der Waals surface area contributed by atoms with Crippen LogP contribution in [0.2, 0.25) is 5.02 Å². The number of halogens is 1. The maximum Gasteiger partial charge on any atom is 0.293 e. The Morgan fingerprint density at radius 2 is 1.90 bits per heavy atom. The Labute approximate surface area is 182 Å². The molecule has 152 valence electrons. The lowest BCUT2D eigenvalue weighted by molar-refractivity contribution is -0.124. The van der Waals surface area contributed by atoms with Crippen molar-refractivity contribution in [2.75, 3.05) is 13.1 Å². The highest BCUT2D eigenvalue weighted by molar-refractivity contribution is 8.18. The van der Waals surface area contributed by atoms with Crippen LogP contribution in [0.1, 0.15) is 11.1 Å². The van der Waals surface area contributed by atoms with Crippen LogP contribution in [0.5, 0.6) is 0 Å². The number of hydrogen-bond acceptors (Lipinski definition) is 4. The lowest BCUT2D eigenvalue weighted by atomic mass is 10.1. The molecule has 1 aromatic heterocycles. The summed E-state index contributed by atoms with van der Waals surface area (Å²) >= 11 is 6.76. The van der Waals surface area contributed by atoms with Crippen LogP contribution < -0.4 is 5.32 Å². The Morgan fingerprint density at radius 1 is 1.13 bits per heavy atom. The first-order valence-electron chi connectivity index (χ1n) is 9.34. The molecule has 8 heteroatoms. The predicted molar refractivity (Wildman–Crippen MR) is 119 cm³/mol. The van der Waals surface area contributed by atoms with Gasteiger partial charge in [0.2, 0.25) is 5.91 Å². The summed E-state index contributed by atoms with van der Waals surface area (Å²) in [6.07, 6.45) is 3.71. The number of nitrogens with one attached hydrogen (secondary N) is 2. The highest BCUT2D eigenvalue weighted by Gasteiger charge is 2.34. The predicted octanol–water partition coefficient (Wildman–Crippen LogP) is 4.22. The number of aromatic amines is 1. The van der Waals surface area contributed by atoms with E-state index in [4.69, 9.17) is 11.6 Å². The Morgan fingerprint density at radius 3 is 2.70 bits per heavy atom. The number of fused-ring (bicyclic) bond motifs is 1. The molecule has 1 aliphatic heterocycles. The van der Waals surface area contributed by atoms with Crippen LogP contribution >= 0.6 is 23.4 Å². The molecule has 3 amide bonds. The summed E-state index contributed by atoms with van der Waals surface area (Å²) in [6.45, 7) is 0.329. The fraction of sp³-hybridized carbons (Fsp3) is 0.136. The Hall–Kier alpha value is -3.03. The Bertz CT molecular complexity index is 1150. The van der Waals surface area contributed by atoms with E-state index in [9.17, 15) is 14.4 Å². The molecule has 0 radical (unpaired) electrons. The number of aromatic nitrogens is 1. The standard InChI is InChI=1S/C22H18ClN3O3S/c23-16-7-5-14(6-8-16)11-19-21(28)26(22(29)30-19)10-9-24-20(27)12-15-13-25-18-4-2-1-3-17(15)18/h1-8,11,13,25H,9-10,12H2,(H,24,27)/b19-11+. The second kappa shape index (κ2) is 8.77. The summed E-state index contributed by atoms with van der Waals surface area (Å²) in [5.74, 6) is -0.519. The smallest absolute Gasteiger partial charge is 0.293 e. The van der Waals surface area contributed by atoms with Gasteiger partial charge in [0.15, 0.2) is 0 Å². The van der Waals surface area contributed by atoms with Crippen molar-refractivity contribution >= 4 is 57.4 Å². The summed E-state index contributed by atoms with van der Waals surface area (Å²) < 4.78 is 0. The molecular weight excluding hydrogens is 422 g/mol. The number of benzene rings is 2. The van der Waals surface area contributed by atoms with Crippen molar-refractivity contribution in [1.29, 1.82) is 0 Å². The Kier molecular flexibility index (Phi) is 5.92. The number of rotatable bonds is 6. The van der Waals surface area contributed by atoms with Crippen molar-refractivity contribution in [3.63, 3.8) is 0 Å². The molecule has 0 unspecified atom stereocenters. The van der Waals surface area contributed by atoms with Gasteiger partial charge in [0.05, 0.1) is 11.3 Å². The molecule has 0 atom stereocenters. The first-order chi connectivity index (χ1) is 14.5. The quantitative estimate of drug-likeness (QED) is 0.563. The molecule has 2 heterocycles. The summed E-state index contributed by atoms with van der Waals surface area (Å²) in [5.41, 5.74) is 2.67. The van der Waals surface area contributed by atoms with Crippen molar-refractivity contribution in [2.24, 2.45) is 0 Å². The SMILES string of the molecule is O=C(Cc1c[nH]c2ccccc12)NCCN1C(=O)S/C(=C/c2ccc(Cl)cc2)C1=O. The molecule has 1 fully saturated rings. The van der Waals surface area contributed by atoms with Crippen LogP contribution in [0.25, 0.3) is 17.0 Å². The number of hydrogen-bond donors (Lipinski definition) is 2. The van der Waals surface area contributed by atoms with E-state index in [0.29, 0.717) is 9.93 Å². The number of carbonyl (C=O) groups is 3. The van der Waals surface area contributed by atoms with Crippen LogP contribution in [0.4, 0.5) is 4.79 Å². The van der Waals surface area contributed by atoms with E-state index < -0.39 is 0 Å². The molecule has 2 aromatic carbocycles. The lowest BCUT2D eigenvalue weighted by Gasteiger charge is -2.13. The summed E-state index contributed by atoms with van der Waals surface area (Å²) in [7, 11) is 0. The van der Waals surface area contributed by atoms with Crippen molar-refractivity contribution < 1.29 is 14.4 Å². The molecule has 3 aromatic rings. The third-order valence-electron chi connectivity index (χ3n) is 4.72. The van der Waals surface area contributed by atoms with Crippen molar-refractivity contribution in [3.8, 4) is 0 Å². The average molecular weight is 440 g/mol. The number of imide groups is 1. The van der Waals surface area contributed by atoms with Crippen LogP contribution in [0.3, 0.4) is 0 Å². The zero-order valence-corrected chi connectivity index (χ0v) is 17.4. The summed E-state index contributed by atoms with van der Waals surface area (Å²) in [6, 6.07) is 14.8. The number of para-hydroxylation sites is 1. The number of carbonyl (C=O) groups excluding carboxylic acids is 3. The first kappa shape index (κ1) is 20.3. The summed E-state index contributed by atoms with van der Waals surface area (Å²) in [5, 5.41) is 4.05. The highest BCUT2D eigenvalue weighted by atomic mass is 35.5. The largest absolute Gasteiger partial charge is 0.361 e. The van der Waals surface area contributed by atoms with Gasteiger partial charge in [-0.15, -0.1) is 0 Å². The number of nitrogens with zero attached hydrogens (tertiary/aromatic N) is 1. The Balaban J connectivity index is 1.32. The van der Waals surface area contributed by atoms with Crippen LogP contribution in [0, 0.1) is 0 Å². The molecule has 0 saturated carbocycles. The van der Waals surface area contributed by atoms with Gasteiger partial charge in [0.25, 0.3) is 11.1 Å². The second-order valence-corrected chi connectivity index (χ2v) is 8.20. The highest BCUT2D eigenvalue weighted by Crippen LogP contribution is 2.32. The van der Waals surface area contributed by atoms with E-state index >= 15 is 0 Å². The van der Waals surface area contributed by atoms with Gasteiger partial charge < -0.3 is 10.3 Å². The minimum absolute atomic E-state index is 0.127. The molecule has 30 heavy (non-hydrogen) atoms. The molecule has 2 N–H and O–H groups in total. The van der Waals surface area contributed by atoms with Gasteiger partial charge in [0, 0.05) is 35.2 Å². The molecular formula is C22H18ClN3O3S. The maximum atomic E-state index is 12.5. The van der Waals surface area contributed by atoms with Gasteiger partial charge in [-0.3, -0.25) is 19.3 Å². The minimum atomic E-state index is -0.356. The number of H-pyrrole nitrogens is 1. The normalized spacial score (nSPS) is 15.4. The van der Waals surface area contributed by atoms with E-state index in [1.165, 1.54) is 0 Å². The molecule has 1 aliphatic rings. The van der Waals surface area contributed by atoms with Gasteiger partial charge in [-0.25, -0.2) is 0 Å². The van der Waals surface area contributed by atoms with Crippen molar-refractivity contribution in [3.05, 3.63) is 75.8 Å². The van der Waals surface area contributed by atoms with Gasteiger partial charge in [-0.1, -0.05) is 41.9 Å². The molecule has 0 aliphatic carbocycles. The first-order valence-corrected chi connectivity index (χ1v) is 10.5. The van der Waals surface area contributed by atoms with Crippen molar-refractivity contribution in [2.45, 2.75) is 6.42 Å². The maximum absolute atomic E-state index is 12.5. The summed E-state index contributed by atoms with van der Waals surface area (Å²) in [4.78, 5) is 41.7. The fourth-order valence-electron chi connectivity index (χ4n) is 3.22. The molecule has 6 nitrogen and oxygen atoms in total. The molecule has 4 rings (SSSR count). The minimum Gasteiger partial charge on any atom is -0.361 e. The van der Waals surface area contributed by atoms with E-state index in [-0.39, 0.29) is 36.6 Å². The van der Waals surface area contributed by atoms with Gasteiger partial charge in [-0.2, -0.15) is 0 Å². The fourth-order valence-corrected chi connectivity index (χ4v) is 4.21. The molecule has 1 saturated heterocycles. The third-order valence-corrected chi connectivity index (χ3v) is 5.88. The van der Waals surface area contributed by atoms with E-state index in [0.717, 1.165) is 38.7 Å². The van der Waals surface area contributed by atoms with Crippen molar-refractivity contribution in [1.82, 2.24) is 15.2 Å². The van der Waals surface area contributed by atoms with Crippen LogP contribution in [0.15, 0.2) is 59.6 Å². The third kappa shape index (κ3) is 4.42. The topological polar surface area (TPSA) is 82.3 Å². The van der Waals surface area contributed by atoms with E-state index in [1.54, 1.807) is 30.3 Å². The van der Waals surface area contributed by atoms with Gasteiger partial charge in [-0.05, 0) is 47.2 Å². The zero-order valence-electron chi connectivity index (χ0n) is 15.9. The van der Waals surface area contributed by atoms with Crippen LogP contribution in [-0.4, -0.2) is 40.0 Å². The van der Waals surface area contributed by atoms with E-state index in [1.807, 2.05) is 30.5 Å². The van der Waals surface area contributed by atoms with Gasteiger partial charge in [0.1, 0.15) is 0 Å². The average Bonchev–Trinajstić information content (AvgIpc) is 3.25. The zero-order chi connectivity index (χ0) is 21.1. The molecule has 0 bridgehead atoms. The number of thioether (sulfide) groups is 1.